The lowest BCUT2D eigenvalue weighted by Gasteiger charge is -2.46. The second-order valence-electron chi connectivity index (χ2n) is 6.28. The number of nitrogens with one attached hydrogen (secondary N) is 1. The quantitative estimate of drug-likeness (QED) is 0.0692. The number of aliphatic hydroxyl groups excluding tert-OH is 1. The van der Waals surface area contributed by atoms with Crippen molar-refractivity contribution in [1.82, 2.24) is 10.2 Å². The highest BCUT2D eigenvalue weighted by Crippen LogP contribution is 2.35. The summed E-state index contributed by atoms with van der Waals surface area (Å²) in [5, 5.41) is 22.7. The second-order valence-corrected chi connectivity index (χ2v) is 7.89. The number of nitro benzene ring substituents is 1. The van der Waals surface area contributed by atoms with Gasteiger partial charge >= 0.3 is 5.97 Å². The van der Waals surface area contributed by atoms with Crippen LogP contribution in [0.1, 0.15) is 12.5 Å². The predicted molar refractivity (Wildman–Crippen MR) is 114 cm³/mol. The number of methoxy groups -OCH3 is 1. The minimum atomic E-state index is -0.965. The minimum Gasteiger partial charge on any atom is -0.509 e. The van der Waals surface area contributed by atoms with Crippen molar-refractivity contribution < 1.29 is 33.9 Å². The first-order valence-corrected chi connectivity index (χ1v) is 11.0. The molecule has 2 N–H and O–H groups in total. The van der Waals surface area contributed by atoms with E-state index in [1.807, 2.05) is 0 Å². The Balaban J connectivity index is 2.19. The van der Waals surface area contributed by atoms with E-state index in [1.165, 1.54) is 38.3 Å². The van der Waals surface area contributed by atoms with Crippen LogP contribution in [0.25, 0.3) is 0 Å². The van der Waals surface area contributed by atoms with Crippen LogP contribution in [0.5, 0.6) is 0 Å². The molecule has 0 saturated carbocycles. The zero-order valence-corrected chi connectivity index (χ0v) is 19.0. The number of alkyl halides is 1. The molecule has 0 bridgehead atoms. The molecule has 1 aromatic carbocycles. The molecule has 0 spiro atoms. The zero-order valence-electron chi connectivity index (χ0n) is 16.6. The number of likely N-dealkylation sites (tertiary alicyclic amines) is 1. The molecule has 1 saturated heterocycles. The van der Waals surface area contributed by atoms with E-state index in [2.05, 4.69) is 21.2 Å². The van der Waals surface area contributed by atoms with Gasteiger partial charge in [-0.25, -0.2) is 4.79 Å². The number of ether oxygens (including phenoxy) is 2. The van der Waals surface area contributed by atoms with Gasteiger partial charge in [-0.05, 0) is 17.7 Å². The van der Waals surface area contributed by atoms with Gasteiger partial charge in [-0.1, -0.05) is 15.9 Å². The number of nitro groups is 1. The number of amides is 2. The van der Waals surface area contributed by atoms with Crippen LogP contribution in [0.4, 0.5) is 5.69 Å². The molecular formula is C18H20BrN3O8S. The molecule has 2 unspecified atom stereocenters. The first kappa shape index (κ1) is 24.6. The molecule has 1 heterocycles. The molecule has 11 nitrogen and oxygen atoms in total. The molecule has 0 radical (unpaired) electrons. The van der Waals surface area contributed by atoms with Crippen LogP contribution in [-0.2, 0) is 30.5 Å². The van der Waals surface area contributed by atoms with Gasteiger partial charge in [0.25, 0.3) is 11.6 Å². The molecule has 0 aromatic heterocycles. The number of benzene rings is 1. The van der Waals surface area contributed by atoms with E-state index in [1.54, 1.807) is 0 Å². The topological polar surface area (TPSA) is 148 Å². The number of carbonyl (C=O) groups is 3. The third kappa shape index (κ3) is 5.95. The lowest BCUT2D eigenvalue weighted by Crippen LogP contribution is -2.69. The monoisotopic (exact) mass is 517 g/mol. The lowest BCUT2D eigenvalue weighted by molar-refractivity contribution is -0.384. The van der Waals surface area contributed by atoms with Gasteiger partial charge in [0.15, 0.2) is 5.70 Å². The molecule has 1 fully saturated rings. The number of nitrogens with zero attached hydrogens (tertiary/aromatic N) is 2. The van der Waals surface area contributed by atoms with E-state index in [-0.39, 0.29) is 29.3 Å². The number of β-lactam (4-membered cyclic amide) rings is 1. The summed E-state index contributed by atoms with van der Waals surface area (Å²) < 4.78 is 10.2. The van der Waals surface area contributed by atoms with Crippen molar-refractivity contribution in [2.24, 2.45) is 0 Å². The zero-order chi connectivity index (χ0) is 23.1. The van der Waals surface area contributed by atoms with E-state index >= 15 is 0 Å². The molecular weight excluding hydrogens is 498 g/mol. The lowest BCUT2D eigenvalue weighted by atomic mass is 10.1. The maximum Gasteiger partial charge on any atom is 0.358 e. The molecule has 2 amide bonds. The number of allylic oxidation sites excluding steroid dienone is 1. The molecule has 0 aliphatic carbocycles. The Bertz CT molecular complexity index is 892. The summed E-state index contributed by atoms with van der Waals surface area (Å²) in [5.74, 6) is -2.22. The molecule has 13 heteroatoms. The van der Waals surface area contributed by atoms with Crippen molar-refractivity contribution in [2.75, 3.05) is 18.4 Å². The van der Waals surface area contributed by atoms with Crippen LogP contribution in [-0.4, -0.2) is 62.5 Å². The van der Waals surface area contributed by atoms with Gasteiger partial charge in [-0.2, -0.15) is 0 Å². The number of carbonyl (C=O) groups excluding carboxylic acids is 3. The summed E-state index contributed by atoms with van der Waals surface area (Å²) in [6.45, 7) is 1.03. The largest absolute Gasteiger partial charge is 0.509 e. The molecule has 1 aliphatic heterocycles. The Morgan fingerprint density at radius 1 is 1.35 bits per heavy atom. The highest BCUT2D eigenvalue weighted by molar-refractivity contribution is 9.09. The maximum atomic E-state index is 12.7. The summed E-state index contributed by atoms with van der Waals surface area (Å²) in [5.41, 5.74) is 0.00721. The first-order chi connectivity index (χ1) is 14.7. The number of aliphatic hydroxyl groups is 1. The van der Waals surface area contributed by atoms with E-state index in [0.29, 0.717) is 5.56 Å². The Hall–Kier alpha value is -2.64. The van der Waals surface area contributed by atoms with Crippen molar-refractivity contribution in [2.45, 2.75) is 24.9 Å². The molecule has 168 valence electrons. The van der Waals surface area contributed by atoms with Crippen LogP contribution in [0.3, 0.4) is 0 Å². The Labute approximate surface area is 190 Å². The van der Waals surface area contributed by atoms with Crippen LogP contribution in [0.2, 0.25) is 0 Å². The van der Waals surface area contributed by atoms with Gasteiger partial charge < -0.3 is 19.9 Å². The van der Waals surface area contributed by atoms with Gasteiger partial charge in [-0.3, -0.25) is 24.6 Å². The predicted octanol–water partition coefficient (Wildman–Crippen LogP) is 1.81. The number of hydrogen-bond donors (Lipinski definition) is 2. The second kappa shape index (κ2) is 11.1. The number of non-ortho nitro benzene ring substituents is 1. The summed E-state index contributed by atoms with van der Waals surface area (Å²) >= 11 is 4.21. The van der Waals surface area contributed by atoms with Crippen molar-refractivity contribution in [3.05, 3.63) is 51.4 Å². The van der Waals surface area contributed by atoms with Crippen LogP contribution in [0, 0.1) is 10.1 Å². The molecule has 2 rings (SSSR count). The average molecular weight is 518 g/mol. The van der Waals surface area contributed by atoms with Crippen molar-refractivity contribution in [1.29, 1.82) is 0 Å². The van der Waals surface area contributed by atoms with Crippen molar-refractivity contribution >= 4 is 51.2 Å². The Kier molecular flexibility index (Phi) is 8.83. The summed E-state index contributed by atoms with van der Waals surface area (Å²) in [4.78, 5) is 48.0. The smallest absolute Gasteiger partial charge is 0.358 e. The van der Waals surface area contributed by atoms with Gasteiger partial charge in [0.1, 0.15) is 23.8 Å². The third-order valence-corrected chi connectivity index (χ3v) is 5.84. The summed E-state index contributed by atoms with van der Waals surface area (Å²) in [6, 6.07) is 4.50. The molecule has 2 atom stereocenters. The number of esters is 1. The number of halogens is 1. The Morgan fingerprint density at radius 3 is 2.52 bits per heavy atom. The van der Waals surface area contributed by atoms with E-state index < -0.39 is 39.9 Å². The summed E-state index contributed by atoms with van der Waals surface area (Å²) in [7, 11) is 1.45. The van der Waals surface area contributed by atoms with Gasteiger partial charge in [0.2, 0.25) is 5.91 Å². The molecule has 31 heavy (non-hydrogen) atoms. The number of thioether (sulfide) groups is 1. The van der Waals surface area contributed by atoms with Crippen LogP contribution < -0.4 is 5.32 Å². The minimum absolute atomic E-state index is 0.110. The van der Waals surface area contributed by atoms with Gasteiger partial charge in [0.05, 0.1) is 16.2 Å². The van der Waals surface area contributed by atoms with Crippen molar-refractivity contribution in [3.8, 4) is 0 Å². The van der Waals surface area contributed by atoms with Gasteiger partial charge in [-0.15, -0.1) is 11.8 Å². The van der Waals surface area contributed by atoms with E-state index in [9.17, 15) is 29.6 Å². The van der Waals surface area contributed by atoms with E-state index in [4.69, 9.17) is 9.47 Å². The third-order valence-electron chi connectivity index (χ3n) is 4.11. The van der Waals surface area contributed by atoms with Crippen LogP contribution in [0.15, 0.2) is 35.7 Å². The Morgan fingerprint density at radius 2 is 2.00 bits per heavy atom. The molecule has 1 aliphatic rings. The SMILES string of the molecule is COCSC1C(NC(C)=O)C(=O)N1C(C(=O)OCc1ccc([N+](=O)[O-])cc1)=C(O)CBr. The number of hydrogen-bond acceptors (Lipinski definition) is 9. The number of rotatable bonds is 10. The normalized spacial score (nSPS) is 18.7. The highest BCUT2D eigenvalue weighted by Gasteiger charge is 2.52. The fraction of sp³-hybridized carbons (Fsp3) is 0.389. The fourth-order valence-electron chi connectivity index (χ4n) is 2.71. The van der Waals surface area contributed by atoms with Gasteiger partial charge in [0, 0.05) is 26.2 Å². The summed E-state index contributed by atoms with van der Waals surface area (Å²) in [6.07, 6.45) is 0. The highest BCUT2D eigenvalue weighted by atomic mass is 79.9. The molecule has 1 aromatic rings. The average Bonchev–Trinajstić information content (AvgIpc) is 2.75. The fourth-order valence-corrected chi connectivity index (χ4v) is 3.99. The van der Waals surface area contributed by atoms with Crippen LogP contribution >= 0.6 is 27.7 Å². The maximum absolute atomic E-state index is 12.7. The van der Waals surface area contributed by atoms with E-state index in [0.717, 1.165) is 16.7 Å². The first-order valence-electron chi connectivity index (χ1n) is 8.80. The standard InChI is InChI=1S/C18H20BrN3O8S/c1-10(23)20-14-16(25)21(17(14)31-9-29-2)15(13(24)7-19)18(26)30-8-11-3-5-12(6-4-11)22(27)28/h3-6,14,17,24H,7-9H2,1-2H3,(H,20,23). The van der Waals surface area contributed by atoms with Crippen molar-refractivity contribution in [3.63, 3.8) is 0 Å².